The molecule has 1 heterocycles. The molecule has 0 N–H and O–H groups in total. The zero-order valence-electron chi connectivity index (χ0n) is 5.55. The first-order valence-electron chi connectivity index (χ1n) is 3.04. The van der Waals surface area contributed by atoms with E-state index in [0.29, 0.717) is 0 Å². The van der Waals surface area contributed by atoms with Gasteiger partial charge in [0.15, 0.2) is 6.17 Å². The molecule has 1 nitrogen and oxygen atoms in total. The minimum absolute atomic E-state index is 0.0810. The summed E-state index contributed by atoms with van der Waals surface area (Å²) in [7, 11) is 0. The second-order valence-electron chi connectivity index (χ2n) is 2.02. The van der Waals surface area contributed by atoms with Crippen molar-refractivity contribution in [3.63, 3.8) is 0 Å². The lowest BCUT2D eigenvalue weighted by atomic mass is 10.2. The maximum atomic E-state index is 12.5. The van der Waals surface area contributed by atoms with Crippen LogP contribution in [-0.4, -0.2) is 11.4 Å². The van der Waals surface area contributed by atoms with Crippen molar-refractivity contribution in [3.8, 4) is 0 Å². The lowest BCUT2D eigenvalue weighted by Gasteiger charge is -2.04. The molecule has 60 valence electrons. The van der Waals surface area contributed by atoms with E-state index in [1.165, 1.54) is 18.3 Å². The number of rotatable bonds is 2. The van der Waals surface area contributed by atoms with Crippen molar-refractivity contribution in [2.45, 2.75) is 12.6 Å². The van der Waals surface area contributed by atoms with Crippen molar-refractivity contribution in [3.05, 3.63) is 30.1 Å². The van der Waals surface area contributed by atoms with E-state index < -0.39 is 12.6 Å². The summed E-state index contributed by atoms with van der Waals surface area (Å²) in [5.41, 5.74) is -0.0810. The Morgan fingerprint density at radius 1 is 1.27 bits per heavy atom. The molecule has 0 aliphatic carbocycles. The Hall–Kier alpha value is -1.06. The maximum absolute atomic E-state index is 12.5. The van der Waals surface area contributed by atoms with Gasteiger partial charge in [0, 0.05) is 18.0 Å². The summed E-state index contributed by atoms with van der Waals surface area (Å²) in [5, 5.41) is 0. The van der Waals surface area contributed by atoms with Gasteiger partial charge < -0.3 is 0 Å². The predicted octanol–water partition coefficient (Wildman–Crippen LogP) is 2.36. The molecule has 11 heavy (non-hydrogen) atoms. The van der Waals surface area contributed by atoms with Crippen molar-refractivity contribution in [1.82, 2.24) is 4.98 Å². The van der Waals surface area contributed by atoms with Gasteiger partial charge in [0.05, 0.1) is 0 Å². The van der Waals surface area contributed by atoms with E-state index in [9.17, 15) is 13.2 Å². The molecule has 0 radical (unpaired) electrons. The van der Waals surface area contributed by atoms with Gasteiger partial charge in [0.2, 0.25) is 0 Å². The van der Waals surface area contributed by atoms with Gasteiger partial charge in [0.1, 0.15) is 0 Å². The molecule has 0 fully saturated rings. The zero-order valence-corrected chi connectivity index (χ0v) is 5.55. The number of nitrogens with zero attached hydrogens (tertiary/aromatic N) is 1. The minimum atomic E-state index is -2.97. The average Bonchev–Trinajstić information content (AvgIpc) is 2.05. The van der Waals surface area contributed by atoms with Crippen LogP contribution < -0.4 is 0 Å². The van der Waals surface area contributed by atoms with Gasteiger partial charge in [-0.2, -0.15) is 0 Å². The molecule has 0 aliphatic heterocycles. The maximum Gasteiger partial charge on any atom is 0.273 e. The molecular weight excluding hydrogens is 155 g/mol. The Labute approximate surface area is 61.9 Å². The van der Waals surface area contributed by atoms with Crippen LogP contribution in [0.4, 0.5) is 13.2 Å². The number of alkyl halides is 3. The van der Waals surface area contributed by atoms with Crippen LogP contribution >= 0.6 is 0 Å². The molecule has 0 saturated heterocycles. The second-order valence-corrected chi connectivity index (χ2v) is 2.02. The minimum Gasteiger partial charge on any atom is -0.264 e. The van der Waals surface area contributed by atoms with Crippen LogP contribution in [0.2, 0.25) is 0 Å². The van der Waals surface area contributed by atoms with Crippen LogP contribution in [0.3, 0.4) is 0 Å². The molecule has 1 aromatic heterocycles. The smallest absolute Gasteiger partial charge is 0.264 e. The number of hydrogen-bond donors (Lipinski definition) is 0. The average molecular weight is 161 g/mol. The van der Waals surface area contributed by atoms with Crippen molar-refractivity contribution in [1.29, 1.82) is 0 Å². The third-order valence-electron chi connectivity index (χ3n) is 1.22. The molecule has 1 aromatic rings. The van der Waals surface area contributed by atoms with Crippen molar-refractivity contribution in [2.75, 3.05) is 0 Å². The van der Waals surface area contributed by atoms with Crippen LogP contribution in [0.15, 0.2) is 24.5 Å². The van der Waals surface area contributed by atoms with Crippen molar-refractivity contribution < 1.29 is 13.2 Å². The topological polar surface area (TPSA) is 12.9 Å². The Morgan fingerprint density at radius 3 is 2.45 bits per heavy atom. The highest BCUT2D eigenvalue weighted by Gasteiger charge is 2.20. The van der Waals surface area contributed by atoms with E-state index in [1.54, 1.807) is 0 Å². The lowest BCUT2D eigenvalue weighted by molar-refractivity contribution is 0.0494. The molecule has 4 heteroatoms. The first-order valence-corrected chi connectivity index (χ1v) is 3.04. The van der Waals surface area contributed by atoms with Crippen LogP contribution in [-0.2, 0) is 0 Å². The molecular formula is C7H6F3N. The predicted molar refractivity (Wildman–Crippen MR) is 34.1 cm³/mol. The van der Waals surface area contributed by atoms with Crippen molar-refractivity contribution in [2.24, 2.45) is 0 Å². The molecule has 1 atom stereocenters. The Balaban J connectivity index is 2.77. The molecule has 0 bridgehead atoms. The van der Waals surface area contributed by atoms with Gasteiger partial charge >= 0.3 is 0 Å². The quantitative estimate of drug-likeness (QED) is 0.648. The monoisotopic (exact) mass is 161 g/mol. The van der Waals surface area contributed by atoms with Gasteiger partial charge in [0.25, 0.3) is 6.43 Å². The highest BCUT2D eigenvalue weighted by Crippen LogP contribution is 2.23. The summed E-state index contributed by atoms with van der Waals surface area (Å²) in [6, 6.07) is 2.70. The molecule has 0 aromatic carbocycles. The third kappa shape index (κ3) is 1.93. The van der Waals surface area contributed by atoms with E-state index in [4.69, 9.17) is 0 Å². The fourth-order valence-corrected chi connectivity index (χ4v) is 0.685. The summed E-state index contributed by atoms with van der Waals surface area (Å²) in [6.07, 6.45) is -2.69. The van der Waals surface area contributed by atoms with E-state index >= 15 is 0 Å². The number of pyridine rings is 1. The second kappa shape index (κ2) is 3.37. The van der Waals surface area contributed by atoms with Gasteiger partial charge in [-0.3, -0.25) is 4.98 Å². The number of hydrogen-bond acceptors (Lipinski definition) is 1. The van der Waals surface area contributed by atoms with E-state index in [2.05, 4.69) is 4.98 Å². The fourth-order valence-electron chi connectivity index (χ4n) is 0.685. The van der Waals surface area contributed by atoms with Crippen molar-refractivity contribution >= 4 is 0 Å². The lowest BCUT2D eigenvalue weighted by Crippen LogP contribution is -2.02. The Kier molecular flexibility index (Phi) is 2.46. The summed E-state index contributed by atoms with van der Waals surface area (Å²) in [4.78, 5) is 3.51. The first kappa shape index (κ1) is 8.04. The van der Waals surface area contributed by atoms with Crippen LogP contribution in [0.1, 0.15) is 11.7 Å². The summed E-state index contributed by atoms with van der Waals surface area (Å²) < 4.78 is 35.9. The summed E-state index contributed by atoms with van der Waals surface area (Å²) >= 11 is 0. The standard InChI is InChI=1S/C7H6F3N/c8-6(7(9)10)5-2-1-3-11-4-5/h1-4,6-7H. The van der Waals surface area contributed by atoms with Gasteiger partial charge in [-0.15, -0.1) is 0 Å². The summed E-state index contributed by atoms with van der Waals surface area (Å²) in [6.45, 7) is 0. The highest BCUT2D eigenvalue weighted by molar-refractivity contribution is 5.12. The SMILES string of the molecule is FC(F)C(F)c1cccnc1. The van der Waals surface area contributed by atoms with E-state index in [-0.39, 0.29) is 5.56 Å². The van der Waals surface area contributed by atoms with E-state index in [1.807, 2.05) is 0 Å². The molecule has 0 aliphatic rings. The number of aromatic nitrogens is 1. The molecule has 0 saturated carbocycles. The Morgan fingerprint density at radius 2 is 2.00 bits per heavy atom. The van der Waals surface area contributed by atoms with Crippen LogP contribution in [0, 0.1) is 0 Å². The highest BCUT2D eigenvalue weighted by atomic mass is 19.3. The zero-order chi connectivity index (χ0) is 8.27. The summed E-state index contributed by atoms with van der Waals surface area (Å²) in [5.74, 6) is 0. The largest absolute Gasteiger partial charge is 0.273 e. The van der Waals surface area contributed by atoms with Crippen LogP contribution in [0.25, 0.3) is 0 Å². The number of halogens is 3. The van der Waals surface area contributed by atoms with Gasteiger partial charge in [-0.05, 0) is 6.07 Å². The molecule has 0 spiro atoms. The first-order chi connectivity index (χ1) is 5.22. The normalized spacial score (nSPS) is 13.5. The fraction of sp³-hybridized carbons (Fsp3) is 0.286. The molecule has 0 amide bonds. The molecule has 1 rings (SSSR count). The Bertz CT molecular complexity index is 212. The third-order valence-corrected chi connectivity index (χ3v) is 1.22. The van der Waals surface area contributed by atoms with Gasteiger partial charge in [-0.1, -0.05) is 6.07 Å². The van der Waals surface area contributed by atoms with E-state index in [0.717, 1.165) is 6.20 Å². The van der Waals surface area contributed by atoms with Gasteiger partial charge in [-0.25, -0.2) is 13.2 Å². The molecule has 1 unspecified atom stereocenters. The van der Waals surface area contributed by atoms with Crippen LogP contribution in [0.5, 0.6) is 0 Å².